The summed E-state index contributed by atoms with van der Waals surface area (Å²) in [5.41, 5.74) is 3.48. The van der Waals surface area contributed by atoms with Crippen molar-refractivity contribution in [2.45, 2.75) is 24.3 Å². The molecule has 0 aliphatic carbocycles. The monoisotopic (exact) mass is 445 g/mol. The fourth-order valence-corrected chi connectivity index (χ4v) is 5.72. The Bertz CT molecular complexity index is 1390. The van der Waals surface area contributed by atoms with Gasteiger partial charge in [-0.1, -0.05) is 48.5 Å². The van der Waals surface area contributed by atoms with Crippen LogP contribution in [0.2, 0.25) is 0 Å². The van der Waals surface area contributed by atoms with E-state index in [2.05, 4.69) is 5.32 Å². The lowest BCUT2D eigenvalue weighted by Crippen LogP contribution is -2.35. The molecule has 32 heavy (non-hydrogen) atoms. The van der Waals surface area contributed by atoms with Gasteiger partial charge in [-0.2, -0.15) is 0 Å². The number of aryl methyl sites for hydroxylation is 1. The average Bonchev–Trinajstić information content (AvgIpc) is 3.27. The second-order valence-corrected chi connectivity index (χ2v) is 9.72. The zero-order valence-electron chi connectivity index (χ0n) is 17.4. The van der Waals surface area contributed by atoms with Crippen LogP contribution in [0.1, 0.15) is 17.5 Å². The van der Waals surface area contributed by atoms with Gasteiger partial charge in [-0.3, -0.25) is 8.87 Å². The topological polar surface area (TPSA) is 71.4 Å². The maximum absolute atomic E-state index is 13.3. The number of sulfonamides is 1. The number of amides is 1. The molecule has 1 amide bonds. The van der Waals surface area contributed by atoms with Gasteiger partial charge in [-0.05, 0) is 54.3 Å². The van der Waals surface area contributed by atoms with Crippen molar-refractivity contribution in [2.75, 3.05) is 10.8 Å². The van der Waals surface area contributed by atoms with Crippen molar-refractivity contribution in [1.29, 1.82) is 0 Å². The number of nitrogens with one attached hydrogen (secondary N) is 1. The smallest absolute Gasteiger partial charge is 0.326 e. The Kier molecular flexibility index (Phi) is 5.19. The summed E-state index contributed by atoms with van der Waals surface area (Å²) >= 11 is 0. The Morgan fingerprint density at radius 3 is 2.50 bits per heavy atom. The van der Waals surface area contributed by atoms with Crippen LogP contribution in [0, 0.1) is 0 Å². The number of rotatable bonds is 4. The molecular formula is C25H23N3O3S. The summed E-state index contributed by atoms with van der Waals surface area (Å²) in [5.74, 6) is 0. The highest BCUT2D eigenvalue weighted by Crippen LogP contribution is 2.31. The van der Waals surface area contributed by atoms with Crippen LogP contribution in [0.3, 0.4) is 0 Å². The summed E-state index contributed by atoms with van der Waals surface area (Å²) in [4.78, 5) is 12.8. The molecular weight excluding hydrogens is 422 g/mol. The summed E-state index contributed by atoms with van der Waals surface area (Å²) in [6.45, 7) is 0.778. The molecule has 1 N–H and O–H groups in total. The molecule has 0 spiro atoms. The molecule has 0 radical (unpaired) electrons. The number of benzene rings is 3. The van der Waals surface area contributed by atoms with Crippen molar-refractivity contribution in [3.8, 4) is 0 Å². The normalized spacial score (nSPS) is 13.7. The molecule has 3 aromatic carbocycles. The summed E-state index contributed by atoms with van der Waals surface area (Å²) in [5, 5.41) is 3.89. The van der Waals surface area contributed by atoms with E-state index >= 15 is 0 Å². The molecule has 6 nitrogen and oxygen atoms in total. The van der Waals surface area contributed by atoms with Crippen LogP contribution in [0.15, 0.2) is 90.0 Å². The van der Waals surface area contributed by atoms with E-state index < -0.39 is 10.0 Å². The predicted octanol–water partition coefficient (Wildman–Crippen LogP) is 4.54. The van der Waals surface area contributed by atoms with Gasteiger partial charge in [0, 0.05) is 24.7 Å². The molecule has 162 valence electrons. The van der Waals surface area contributed by atoms with Gasteiger partial charge in [0.15, 0.2) is 0 Å². The fourth-order valence-electron chi connectivity index (χ4n) is 4.18. The average molecular weight is 446 g/mol. The van der Waals surface area contributed by atoms with E-state index in [0.29, 0.717) is 13.1 Å². The zero-order valence-corrected chi connectivity index (χ0v) is 18.3. The van der Waals surface area contributed by atoms with Gasteiger partial charge in [0.25, 0.3) is 10.0 Å². The number of fused-ring (bicyclic) bond motifs is 2. The van der Waals surface area contributed by atoms with Crippen molar-refractivity contribution in [2.24, 2.45) is 0 Å². The molecule has 0 saturated heterocycles. The van der Waals surface area contributed by atoms with Gasteiger partial charge >= 0.3 is 6.03 Å². The van der Waals surface area contributed by atoms with E-state index in [1.807, 2.05) is 54.6 Å². The molecule has 0 unspecified atom stereocenters. The minimum absolute atomic E-state index is 0.229. The third kappa shape index (κ3) is 3.65. The SMILES string of the molecule is O=C(NCc1ccc(S(=O)(=O)N2CCCc3ccccc32)cc1)n1ccc2ccccc21. The van der Waals surface area contributed by atoms with Crippen molar-refractivity contribution < 1.29 is 13.2 Å². The van der Waals surface area contributed by atoms with E-state index in [4.69, 9.17) is 0 Å². The Hall–Kier alpha value is -3.58. The quantitative estimate of drug-likeness (QED) is 0.501. The molecule has 0 bridgehead atoms. The number of aromatic nitrogens is 1. The third-order valence-corrected chi connectivity index (χ3v) is 7.67. The van der Waals surface area contributed by atoms with Crippen molar-refractivity contribution in [3.05, 3.63) is 96.2 Å². The molecule has 2 heterocycles. The predicted molar refractivity (Wildman–Crippen MR) is 125 cm³/mol. The van der Waals surface area contributed by atoms with Crippen molar-refractivity contribution in [1.82, 2.24) is 9.88 Å². The highest BCUT2D eigenvalue weighted by atomic mass is 32.2. The second-order valence-electron chi connectivity index (χ2n) is 7.86. The highest BCUT2D eigenvalue weighted by molar-refractivity contribution is 7.92. The number of hydrogen-bond acceptors (Lipinski definition) is 3. The summed E-state index contributed by atoms with van der Waals surface area (Å²) in [6, 6.07) is 23.7. The van der Waals surface area contributed by atoms with Gasteiger partial charge in [-0.25, -0.2) is 13.2 Å². The highest BCUT2D eigenvalue weighted by Gasteiger charge is 2.28. The van der Waals surface area contributed by atoms with Gasteiger partial charge in [0.05, 0.1) is 16.1 Å². The minimum Gasteiger partial charge on any atom is -0.333 e. The lowest BCUT2D eigenvalue weighted by molar-refractivity contribution is 0.243. The van der Waals surface area contributed by atoms with Gasteiger partial charge in [0.2, 0.25) is 0 Å². The van der Waals surface area contributed by atoms with Crippen molar-refractivity contribution in [3.63, 3.8) is 0 Å². The maximum atomic E-state index is 13.3. The molecule has 4 aromatic rings. The summed E-state index contributed by atoms with van der Waals surface area (Å²) in [7, 11) is -3.64. The molecule has 7 heteroatoms. The van der Waals surface area contributed by atoms with Crippen LogP contribution >= 0.6 is 0 Å². The maximum Gasteiger partial charge on any atom is 0.326 e. The third-order valence-electron chi connectivity index (χ3n) is 5.84. The summed E-state index contributed by atoms with van der Waals surface area (Å²) < 4.78 is 29.6. The Labute approximate surface area is 187 Å². The lowest BCUT2D eigenvalue weighted by Gasteiger charge is -2.30. The van der Waals surface area contributed by atoms with Gasteiger partial charge in [0.1, 0.15) is 0 Å². The van der Waals surface area contributed by atoms with E-state index in [0.717, 1.165) is 40.6 Å². The Morgan fingerprint density at radius 1 is 0.906 bits per heavy atom. The lowest BCUT2D eigenvalue weighted by atomic mass is 10.0. The molecule has 1 aliphatic heterocycles. The van der Waals surface area contributed by atoms with Crippen LogP contribution in [0.25, 0.3) is 10.9 Å². The molecule has 1 aromatic heterocycles. The molecule has 1 aliphatic rings. The largest absolute Gasteiger partial charge is 0.333 e. The van der Waals surface area contributed by atoms with E-state index in [9.17, 15) is 13.2 Å². The Morgan fingerprint density at radius 2 is 1.66 bits per heavy atom. The van der Waals surface area contributed by atoms with E-state index in [-0.39, 0.29) is 10.9 Å². The Balaban J connectivity index is 1.31. The second kappa shape index (κ2) is 8.16. The number of anilines is 1. The van der Waals surface area contributed by atoms with Gasteiger partial charge in [-0.15, -0.1) is 0 Å². The van der Waals surface area contributed by atoms with E-state index in [1.165, 1.54) is 4.31 Å². The molecule has 0 fully saturated rings. The number of carbonyl (C=O) groups is 1. The van der Waals surface area contributed by atoms with Crippen LogP contribution in [-0.2, 0) is 23.0 Å². The zero-order chi connectivity index (χ0) is 22.1. The van der Waals surface area contributed by atoms with Crippen LogP contribution < -0.4 is 9.62 Å². The fraction of sp³-hybridized carbons (Fsp3) is 0.160. The van der Waals surface area contributed by atoms with E-state index in [1.54, 1.807) is 35.0 Å². The first-order chi connectivity index (χ1) is 15.5. The first-order valence-electron chi connectivity index (χ1n) is 10.6. The molecule has 5 rings (SSSR count). The van der Waals surface area contributed by atoms with Gasteiger partial charge < -0.3 is 5.32 Å². The standard InChI is InChI=1S/C25H23N3O3S/c29-25(27-17-15-21-7-1-3-9-23(21)27)26-18-19-11-13-22(14-12-19)32(30,31)28-16-5-8-20-6-2-4-10-24(20)28/h1-4,6-7,9-15,17H,5,8,16,18H2,(H,26,29). The first-order valence-corrected chi connectivity index (χ1v) is 12.0. The van der Waals surface area contributed by atoms with Crippen LogP contribution in [-0.4, -0.2) is 25.6 Å². The van der Waals surface area contributed by atoms with Crippen LogP contribution in [0.4, 0.5) is 10.5 Å². The number of carbonyl (C=O) groups excluding carboxylic acids is 1. The number of nitrogens with zero attached hydrogens (tertiary/aromatic N) is 2. The molecule has 0 atom stereocenters. The summed E-state index contributed by atoms with van der Waals surface area (Å²) in [6.07, 6.45) is 3.43. The number of hydrogen-bond donors (Lipinski definition) is 1. The van der Waals surface area contributed by atoms with Crippen molar-refractivity contribution >= 4 is 32.6 Å². The number of para-hydroxylation sites is 2. The molecule has 0 saturated carbocycles. The first kappa shape index (κ1) is 20.3. The van der Waals surface area contributed by atoms with Crippen LogP contribution in [0.5, 0.6) is 0 Å². The minimum atomic E-state index is -3.64.